The number of hydrogen-bond donors (Lipinski definition) is 2. The van der Waals surface area contributed by atoms with Crippen LogP contribution in [0.1, 0.15) is 12.5 Å². The van der Waals surface area contributed by atoms with Crippen molar-refractivity contribution in [2.45, 2.75) is 11.8 Å². The Balaban J connectivity index is 2.43. The van der Waals surface area contributed by atoms with Crippen LogP contribution in [0.2, 0.25) is 0 Å². The average Bonchev–Trinajstić information content (AvgIpc) is 2.47. The monoisotopic (exact) mass is 297 g/mol. The van der Waals surface area contributed by atoms with Crippen molar-refractivity contribution < 1.29 is 5.21 Å². The van der Waals surface area contributed by atoms with E-state index in [1.165, 1.54) is 0 Å². The minimum absolute atomic E-state index is 0.199. The zero-order valence-electron chi connectivity index (χ0n) is 11.0. The molecule has 0 bridgehead atoms. The first-order valence-corrected chi connectivity index (χ1v) is 8.48. The van der Waals surface area contributed by atoms with Gasteiger partial charge in [0.05, 0.1) is 5.56 Å². The summed E-state index contributed by atoms with van der Waals surface area (Å²) in [7, 11) is 0. The van der Waals surface area contributed by atoms with Crippen molar-refractivity contribution >= 4 is 35.0 Å². The van der Waals surface area contributed by atoms with Crippen LogP contribution in [0, 0.1) is 0 Å². The molecule has 1 aliphatic heterocycles. The lowest BCUT2D eigenvalue weighted by molar-refractivity contribution is 0.318. The first kappa shape index (κ1) is 14.4. The Morgan fingerprint density at radius 2 is 2.21 bits per heavy atom. The molecule has 2 rings (SSSR count). The summed E-state index contributed by atoms with van der Waals surface area (Å²) in [5.74, 6) is 3.41. The van der Waals surface area contributed by atoms with Gasteiger partial charge in [-0.05, 0) is 17.9 Å². The van der Waals surface area contributed by atoms with Gasteiger partial charge in [-0.25, -0.2) is 0 Å². The number of oxime groups is 1. The maximum Gasteiger partial charge on any atom is 0.173 e. The van der Waals surface area contributed by atoms with Crippen LogP contribution >= 0.6 is 23.5 Å². The molecule has 4 nitrogen and oxygen atoms in total. The Morgan fingerprint density at radius 1 is 1.47 bits per heavy atom. The zero-order valence-corrected chi connectivity index (χ0v) is 12.6. The second kappa shape index (κ2) is 6.96. The predicted molar refractivity (Wildman–Crippen MR) is 84.9 cm³/mol. The fourth-order valence-corrected chi connectivity index (χ4v) is 3.91. The highest BCUT2D eigenvalue weighted by atomic mass is 32.2. The first-order chi connectivity index (χ1) is 9.27. The molecular weight excluding hydrogens is 278 g/mol. The lowest BCUT2D eigenvalue weighted by Gasteiger charge is -2.30. The van der Waals surface area contributed by atoms with Gasteiger partial charge in [-0.3, -0.25) is 0 Å². The van der Waals surface area contributed by atoms with Crippen molar-refractivity contribution in [3.63, 3.8) is 0 Å². The molecule has 0 unspecified atom stereocenters. The smallest absolute Gasteiger partial charge is 0.173 e. The molecule has 0 aromatic heterocycles. The van der Waals surface area contributed by atoms with E-state index in [1.807, 2.05) is 23.9 Å². The number of hydrogen-bond acceptors (Lipinski definition) is 5. The van der Waals surface area contributed by atoms with Crippen LogP contribution in [0.15, 0.2) is 28.3 Å². The third-order valence-electron chi connectivity index (χ3n) is 3.02. The van der Waals surface area contributed by atoms with E-state index in [4.69, 9.17) is 10.9 Å². The number of rotatable bonds is 4. The van der Waals surface area contributed by atoms with E-state index >= 15 is 0 Å². The van der Waals surface area contributed by atoms with Crippen LogP contribution in [0.25, 0.3) is 0 Å². The van der Waals surface area contributed by atoms with Crippen LogP contribution in [-0.2, 0) is 0 Å². The normalized spacial score (nSPS) is 16.7. The third kappa shape index (κ3) is 3.30. The Kier molecular flexibility index (Phi) is 5.27. The SMILES string of the molecule is CCSc1cccc(N2CCSCC2)c1/C(N)=N/O. The molecule has 0 radical (unpaired) electrons. The highest BCUT2D eigenvalue weighted by molar-refractivity contribution is 7.99. The Morgan fingerprint density at radius 3 is 2.84 bits per heavy atom. The van der Waals surface area contributed by atoms with Gasteiger partial charge in [0.2, 0.25) is 0 Å². The summed E-state index contributed by atoms with van der Waals surface area (Å²) in [5, 5.41) is 12.2. The van der Waals surface area contributed by atoms with Crippen molar-refractivity contribution in [3.8, 4) is 0 Å². The summed E-state index contributed by atoms with van der Waals surface area (Å²) in [6.45, 7) is 4.12. The molecule has 3 N–H and O–H groups in total. The summed E-state index contributed by atoms with van der Waals surface area (Å²) >= 11 is 3.69. The van der Waals surface area contributed by atoms with Gasteiger partial charge in [-0.2, -0.15) is 11.8 Å². The zero-order chi connectivity index (χ0) is 13.7. The van der Waals surface area contributed by atoms with E-state index in [-0.39, 0.29) is 5.84 Å². The first-order valence-electron chi connectivity index (χ1n) is 6.34. The number of nitrogens with zero attached hydrogens (tertiary/aromatic N) is 2. The van der Waals surface area contributed by atoms with Gasteiger partial charge in [0.15, 0.2) is 5.84 Å². The number of thioether (sulfide) groups is 2. The molecule has 1 fully saturated rings. The van der Waals surface area contributed by atoms with Crippen LogP contribution in [-0.4, -0.2) is 41.4 Å². The van der Waals surface area contributed by atoms with Crippen LogP contribution < -0.4 is 10.6 Å². The predicted octanol–water partition coefficient (Wildman–Crippen LogP) is 2.45. The molecule has 1 aromatic carbocycles. The summed E-state index contributed by atoms with van der Waals surface area (Å²) in [6.07, 6.45) is 0. The quantitative estimate of drug-likeness (QED) is 0.294. The van der Waals surface area contributed by atoms with Crippen LogP contribution in [0.5, 0.6) is 0 Å². The molecule has 0 aliphatic carbocycles. The average molecular weight is 297 g/mol. The molecule has 0 saturated carbocycles. The molecule has 104 valence electrons. The Hall–Kier alpha value is -1.01. The van der Waals surface area contributed by atoms with E-state index < -0.39 is 0 Å². The van der Waals surface area contributed by atoms with Crippen molar-refractivity contribution in [1.82, 2.24) is 0 Å². The van der Waals surface area contributed by atoms with Crippen molar-refractivity contribution in [1.29, 1.82) is 0 Å². The molecular formula is C13H19N3OS2. The van der Waals surface area contributed by atoms with Crippen LogP contribution in [0.3, 0.4) is 0 Å². The lowest BCUT2D eigenvalue weighted by Crippen LogP contribution is -2.34. The number of nitrogens with two attached hydrogens (primary N) is 1. The minimum atomic E-state index is 0.199. The van der Waals surface area contributed by atoms with Crippen molar-refractivity contribution in [2.75, 3.05) is 35.2 Å². The molecule has 6 heteroatoms. The molecule has 1 aromatic rings. The topological polar surface area (TPSA) is 61.8 Å². The minimum Gasteiger partial charge on any atom is -0.409 e. The second-order valence-electron chi connectivity index (χ2n) is 4.17. The Bertz CT molecular complexity index is 459. The van der Waals surface area contributed by atoms with Gasteiger partial charge in [0.1, 0.15) is 0 Å². The molecule has 1 aliphatic rings. The lowest BCUT2D eigenvalue weighted by atomic mass is 10.1. The maximum absolute atomic E-state index is 9.03. The fraction of sp³-hybridized carbons (Fsp3) is 0.462. The van der Waals surface area contributed by atoms with E-state index in [9.17, 15) is 0 Å². The molecule has 19 heavy (non-hydrogen) atoms. The summed E-state index contributed by atoms with van der Waals surface area (Å²) in [5.41, 5.74) is 7.83. The standard InChI is InChI=1S/C13H19N3OS2/c1-2-19-11-5-3-4-10(12(11)13(14)15-17)16-6-8-18-9-7-16/h3-5,17H,2,6-9H2,1H3,(H2,14,15). The van der Waals surface area contributed by atoms with E-state index in [0.29, 0.717) is 0 Å². The molecule has 1 saturated heterocycles. The van der Waals surface area contributed by atoms with Gasteiger partial charge >= 0.3 is 0 Å². The molecule has 0 amide bonds. The Labute approximate surface area is 122 Å². The number of anilines is 1. The highest BCUT2D eigenvalue weighted by Gasteiger charge is 2.19. The molecule has 1 heterocycles. The van der Waals surface area contributed by atoms with Gasteiger partial charge in [-0.1, -0.05) is 18.1 Å². The highest BCUT2D eigenvalue weighted by Crippen LogP contribution is 2.32. The van der Waals surface area contributed by atoms with Crippen molar-refractivity contribution in [3.05, 3.63) is 23.8 Å². The van der Waals surface area contributed by atoms with Gasteiger partial charge < -0.3 is 15.8 Å². The van der Waals surface area contributed by atoms with E-state index in [1.54, 1.807) is 11.8 Å². The largest absolute Gasteiger partial charge is 0.409 e. The van der Waals surface area contributed by atoms with Gasteiger partial charge in [0.25, 0.3) is 0 Å². The third-order valence-corrected chi connectivity index (χ3v) is 4.90. The van der Waals surface area contributed by atoms with E-state index in [0.717, 1.165) is 46.5 Å². The van der Waals surface area contributed by atoms with Gasteiger partial charge in [0, 0.05) is 35.2 Å². The summed E-state index contributed by atoms with van der Waals surface area (Å²) in [6, 6.07) is 6.13. The molecule has 0 spiro atoms. The maximum atomic E-state index is 9.03. The van der Waals surface area contributed by atoms with Crippen LogP contribution in [0.4, 0.5) is 5.69 Å². The number of benzene rings is 1. The van der Waals surface area contributed by atoms with Crippen molar-refractivity contribution in [2.24, 2.45) is 10.9 Å². The summed E-state index contributed by atoms with van der Waals surface area (Å²) in [4.78, 5) is 3.40. The number of amidine groups is 1. The van der Waals surface area contributed by atoms with Gasteiger partial charge in [-0.15, -0.1) is 11.8 Å². The fourth-order valence-electron chi connectivity index (χ4n) is 2.17. The summed E-state index contributed by atoms with van der Waals surface area (Å²) < 4.78 is 0. The van der Waals surface area contributed by atoms with E-state index in [2.05, 4.69) is 23.0 Å². The second-order valence-corrected chi connectivity index (χ2v) is 6.70. The molecule has 0 atom stereocenters.